The van der Waals surface area contributed by atoms with Crippen LogP contribution in [0.15, 0.2) is 24.3 Å². The fraction of sp³-hybridized carbons (Fsp3) is 0.625. The van der Waals surface area contributed by atoms with Gasteiger partial charge < -0.3 is 4.74 Å². The zero-order chi connectivity index (χ0) is 13.5. The van der Waals surface area contributed by atoms with Crippen molar-refractivity contribution >= 4 is 0 Å². The van der Waals surface area contributed by atoms with E-state index < -0.39 is 0 Å². The molecule has 0 aromatic heterocycles. The van der Waals surface area contributed by atoms with E-state index in [-0.39, 0.29) is 6.04 Å². The van der Waals surface area contributed by atoms with Crippen LogP contribution in [0.4, 0.5) is 0 Å². The van der Waals surface area contributed by atoms with Gasteiger partial charge in [-0.25, -0.2) is 0 Å². The molecule has 1 aliphatic rings. The Morgan fingerprint density at radius 3 is 2.74 bits per heavy atom. The maximum Gasteiger partial charge on any atom is 0.124 e. The van der Waals surface area contributed by atoms with Crippen molar-refractivity contribution in [2.24, 2.45) is 11.8 Å². The maximum absolute atomic E-state index is 5.75. The van der Waals surface area contributed by atoms with Crippen molar-refractivity contribution in [3.05, 3.63) is 29.8 Å². The Morgan fingerprint density at radius 2 is 2.05 bits per heavy atom. The van der Waals surface area contributed by atoms with E-state index in [1.807, 2.05) is 19.1 Å². The summed E-state index contributed by atoms with van der Waals surface area (Å²) in [5.41, 5.74) is 4.15. The van der Waals surface area contributed by atoms with Crippen molar-refractivity contribution in [3.8, 4) is 5.75 Å². The zero-order valence-corrected chi connectivity index (χ0v) is 11.9. The van der Waals surface area contributed by atoms with Crippen LogP contribution < -0.4 is 16.0 Å². The lowest BCUT2D eigenvalue weighted by atomic mass is 9.95. The van der Waals surface area contributed by atoms with Crippen LogP contribution in [0.2, 0.25) is 0 Å². The Kier molecular flexibility index (Phi) is 5.67. The first-order valence-electron chi connectivity index (χ1n) is 7.53. The topological polar surface area (TPSA) is 47.3 Å². The SMILES string of the molecule is CCOc1ccccc1C(CCC1CCCC1)NN. The molecule has 0 aliphatic heterocycles. The third-order valence-corrected chi connectivity index (χ3v) is 4.13. The molecule has 1 unspecified atom stereocenters. The first-order valence-corrected chi connectivity index (χ1v) is 7.53. The molecule has 3 N–H and O–H groups in total. The average molecular weight is 262 g/mol. The lowest BCUT2D eigenvalue weighted by Crippen LogP contribution is -2.28. The van der Waals surface area contributed by atoms with E-state index >= 15 is 0 Å². The van der Waals surface area contributed by atoms with Gasteiger partial charge >= 0.3 is 0 Å². The number of hydrogen-bond donors (Lipinski definition) is 2. The molecule has 0 bridgehead atoms. The average Bonchev–Trinajstić information content (AvgIpc) is 2.95. The van der Waals surface area contributed by atoms with Crippen LogP contribution in [0.25, 0.3) is 0 Å². The number of nitrogens with two attached hydrogens (primary N) is 1. The molecule has 106 valence electrons. The number of benzene rings is 1. The summed E-state index contributed by atoms with van der Waals surface area (Å²) in [6.45, 7) is 2.71. The number of hydrogen-bond acceptors (Lipinski definition) is 3. The lowest BCUT2D eigenvalue weighted by Gasteiger charge is -2.21. The molecule has 1 saturated carbocycles. The quantitative estimate of drug-likeness (QED) is 0.583. The molecule has 2 rings (SSSR count). The Hall–Kier alpha value is -1.06. The number of hydrazine groups is 1. The van der Waals surface area contributed by atoms with Crippen LogP contribution >= 0.6 is 0 Å². The molecule has 0 saturated heterocycles. The highest BCUT2D eigenvalue weighted by molar-refractivity contribution is 5.35. The third kappa shape index (κ3) is 3.95. The molecule has 1 aliphatic carbocycles. The summed E-state index contributed by atoms with van der Waals surface area (Å²) in [7, 11) is 0. The summed E-state index contributed by atoms with van der Waals surface area (Å²) in [5.74, 6) is 7.61. The minimum absolute atomic E-state index is 0.198. The monoisotopic (exact) mass is 262 g/mol. The van der Waals surface area contributed by atoms with Gasteiger partial charge in [0.05, 0.1) is 6.61 Å². The molecule has 1 aromatic rings. The summed E-state index contributed by atoms with van der Waals surface area (Å²) < 4.78 is 5.70. The van der Waals surface area contributed by atoms with Crippen LogP contribution in [-0.2, 0) is 0 Å². The Balaban J connectivity index is 1.99. The zero-order valence-electron chi connectivity index (χ0n) is 11.9. The van der Waals surface area contributed by atoms with Crippen molar-refractivity contribution in [2.45, 2.75) is 51.5 Å². The third-order valence-electron chi connectivity index (χ3n) is 4.13. The van der Waals surface area contributed by atoms with Crippen molar-refractivity contribution in [3.63, 3.8) is 0 Å². The summed E-state index contributed by atoms with van der Waals surface area (Å²) in [4.78, 5) is 0. The van der Waals surface area contributed by atoms with Crippen LogP contribution in [0.1, 0.15) is 57.1 Å². The van der Waals surface area contributed by atoms with E-state index in [4.69, 9.17) is 10.6 Å². The molecule has 0 spiro atoms. The Labute approximate surface area is 116 Å². The number of ether oxygens (including phenoxy) is 1. The van der Waals surface area contributed by atoms with Gasteiger partial charge in [-0.2, -0.15) is 0 Å². The first kappa shape index (κ1) is 14.4. The second kappa shape index (κ2) is 7.51. The van der Waals surface area contributed by atoms with E-state index in [0.29, 0.717) is 6.61 Å². The Morgan fingerprint density at radius 1 is 1.32 bits per heavy atom. The van der Waals surface area contributed by atoms with Crippen molar-refractivity contribution in [1.29, 1.82) is 0 Å². The van der Waals surface area contributed by atoms with Gasteiger partial charge in [0.2, 0.25) is 0 Å². The van der Waals surface area contributed by atoms with Crippen molar-refractivity contribution in [1.82, 2.24) is 5.43 Å². The van der Waals surface area contributed by atoms with Crippen LogP contribution in [0, 0.1) is 5.92 Å². The number of para-hydroxylation sites is 1. The predicted octanol–water partition coefficient (Wildman–Crippen LogP) is 3.56. The van der Waals surface area contributed by atoms with Gasteiger partial charge in [-0.1, -0.05) is 43.9 Å². The van der Waals surface area contributed by atoms with E-state index in [1.54, 1.807) is 0 Å². The standard InChI is InChI=1S/C16H26N2O/c1-2-19-16-10-6-5-9-14(16)15(18-17)12-11-13-7-3-4-8-13/h5-6,9-10,13,15,18H,2-4,7-8,11-12,17H2,1H3. The molecule has 0 amide bonds. The van der Waals surface area contributed by atoms with Gasteiger partial charge in [0.25, 0.3) is 0 Å². The number of nitrogens with one attached hydrogen (secondary N) is 1. The molecule has 19 heavy (non-hydrogen) atoms. The fourth-order valence-electron chi connectivity index (χ4n) is 3.09. The molecular formula is C16H26N2O. The summed E-state index contributed by atoms with van der Waals surface area (Å²) in [6.07, 6.45) is 7.94. The molecule has 0 heterocycles. The van der Waals surface area contributed by atoms with Gasteiger partial charge in [-0.05, 0) is 31.7 Å². The molecule has 1 atom stereocenters. The molecule has 3 nitrogen and oxygen atoms in total. The van der Waals surface area contributed by atoms with Crippen LogP contribution in [0.3, 0.4) is 0 Å². The van der Waals surface area contributed by atoms with Crippen molar-refractivity contribution in [2.75, 3.05) is 6.61 Å². The molecule has 0 radical (unpaired) electrons. The van der Waals surface area contributed by atoms with Crippen LogP contribution in [-0.4, -0.2) is 6.61 Å². The fourth-order valence-corrected chi connectivity index (χ4v) is 3.09. The van der Waals surface area contributed by atoms with Crippen molar-refractivity contribution < 1.29 is 4.74 Å². The largest absolute Gasteiger partial charge is 0.494 e. The van der Waals surface area contributed by atoms with Crippen LogP contribution in [0.5, 0.6) is 5.75 Å². The molecule has 3 heteroatoms. The molecule has 1 fully saturated rings. The van der Waals surface area contributed by atoms with E-state index in [0.717, 1.165) is 18.1 Å². The van der Waals surface area contributed by atoms with Gasteiger partial charge in [0, 0.05) is 11.6 Å². The van der Waals surface area contributed by atoms with E-state index in [9.17, 15) is 0 Å². The number of rotatable bonds is 7. The maximum atomic E-state index is 5.75. The highest BCUT2D eigenvalue weighted by Gasteiger charge is 2.19. The Bertz CT molecular complexity index is 375. The second-order valence-electron chi connectivity index (χ2n) is 5.42. The van der Waals surface area contributed by atoms with E-state index in [1.165, 1.54) is 37.7 Å². The normalized spacial score (nSPS) is 17.6. The van der Waals surface area contributed by atoms with Gasteiger partial charge in [-0.15, -0.1) is 0 Å². The predicted molar refractivity (Wildman–Crippen MR) is 78.9 cm³/mol. The minimum Gasteiger partial charge on any atom is -0.494 e. The van der Waals surface area contributed by atoms with E-state index in [2.05, 4.69) is 17.6 Å². The summed E-state index contributed by atoms with van der Waals surface area (Å²) >= 11 is 0. The summed E-state index contributed by atoms with van der Waals surface area (Å²) in [6, 6.07) is 8.41. The smallest absolute Gasteiger partial charge is 0.124 e. The lowest BCUT2D eigenvalue weighted by molar-refractivity contribution is 0.327. The second-order valence-corrected chi connectivity index (χ2v) is 5.42. The highest BCUT2D eigenvalue weighted by Crippen LogP contribution is 2.33. The molecule has 1 aromatic carbocycles. The first-order chi connectivity index (χ1) is 9.35. The molecular weight excluding hydrogens is 236 g/mol. The minimum atomic E-state index is 0.198. The van der Waals surface area contributed by atoms with Gasteiger partial charge in [0.15, 0.2) is 0 Å². The van der Waals surface area contributed by atoms with Gasteiger partial charge in [0.1, 0.15) is 5.75 Å². The highest BCUT2D eigenvalue weighted by atomic mass is 16.5. The summed E-state index contributed by atoms with van der Waals surface area (Å²) in [5, 5.41) is 0. The van der Waals surface area contributed by atoms with Gasteiger partial charge in [-0.3, -0.25) is 11.3 Å².